The minimum absolute atomic E-state index is 0.220. The van der Waals surface area contributed by atoms with Crippen LogP contribution in [-0.2, 0) is 10.0 Å². The second-order valence-corrected chi connectivity index (χ2v) is 8.64. The zero-order chi connectivity index (χ0) is 15.6. The summed E-state index contributed by atoms with van der Waals surface area (Å²) < 4.78 is 26.1. The summed E-state index contributed by atoms with van der Waals surface area (Å²) in [5, 5.41) is 0. The zero-order valence-corrected chi connectivity index (χ0v) is 15.0. The molecule has 0 radical (unpaired) electrons. The highest BCUT2D eigenvalue weighted by molar-refractivity contribution is 7.89. The van der Waals surface area contributed by atoms with Gasteiger partial charge >= 0.3 is 0 Å². The van der Waals surface area contributed by atoms with Crippen LogP contribution in [0.15, 0.2) is 0 Å². The molecule has 4 heteroatoms. The van der Waals surface area contributed by atoms with E-state index in [1.54, 1.807) is 4.31 Å². The second-order valence-electron chi connectivity index (χ2n) is 6.60. The van der Waals surface area contributed by atoms with Crippen molar-refractivity contribution in [1.29, 1.82) is 0 Å². The van der Waals surface area contributed by atoms with E-state index in [1.165, 1.54) is 51.4 Å². The molecule has 0 saturated carbocycles. The molecule has 0 spiro atoms. The predicted molar refractivity (Wildman–Crippen MR) is 91.0 cm³/mol. The van der Waals surface area contributed by atoms with Gasteiger partial charge in [0.1, 0.15) is 0 Å². The number of rotatable bonds is 12. The molecule has 0 amide bonds. The molecule has 1 heterocycles. The third kappa shape index (κ3) is 7.64. The number of hydrogen-bond donors (Lipinski definition) is 0. The molecule has 1 rings (SSSR count). The van der Waals surface area contributed by atoms with Crippen molar-refractivity contribution in [3.63, 3.8) is 0 Å². The smallest absolute Gasteiger partial charge is 0.212 e. The first-order valence-electron chi connectivity index (χ1n) is 9.07. The van der Waals surface area contributed by atoms with E-state index in [2.05, 4.69) is 6.92 Å². The van der Waals surface area contributed by atoms with E-state index in [0.717, 1.165) is 32.2 Å². The first-order valence-corrected chi connectivity index (χ1v) is 10.7. The van der Waals surface area contributed by atoms with Gasteiger partial charge in [0.15, 0.2) is 0 Å². The maximum Gasteiger partial charge on any atom is 0.214 e. The lowest BCUT2D eigenvalue weighted by molar-refractivity contribution is 0.407. The molecule has 0 aromatic carbocycles. The molecule has 3 nitrogen and oxygen atoms in total. The van der Waals surface area contributed by atoms with E-state index in [9.17, 15) is 8.42 Å². The van der Waals surface area contributed by atoms with Gasteiger partial charge in [-0.2, -0.15) is 4.31 Å². The lowest BCUT2D eigenvalue weighted by Crippen LogP contribution is -2.35. The highest BCUT2D eigenvalue weighted by Crippen LogP contribution is 2.21. The third-order valence-electron chi connectivity index (χ3n) is 4.61. The third-order valence-corrected chi connectivity index (χ3v) is 6.67. The molecule has 0 N–H and O–H groups in total. The van der Waals surface area contributed by atoms with E-state index in [4.69, 9.17) is 0 Å². The Morgan fingerprint density at radius 2 is 1.43 bits per heavy atom. The van der Waals surface area contributed by atoms with Crippen LogP contribution in [0.3, 0.4) is 0 Å². The average Bonchev–Trinajstić information content (AvgIpc) is 2.88. The van der Waals surface area contributed by atoms with E-state index >= 15 is 0 Å². The summed E-state index contributed by atoms with van der Waals surface area (Å²) in [5.41, 5.74) is 0. The minimum Gasteiger partial charge on any atom is -0.212 e. The Morgan fingerprint density at radius 1 is 0.905 bits per heavy atom. The fourth-order valence-electron chi connectivity index (χ4n) is 3.21. The Bertz CT molecular complexity index is 354. The van der Waals surface area contributed by atoms with Crippen molar-refractivity contribution in [2.45, 2.75) is 96.9 Å². The van der Waals surface area contributed by atoms with Crippen molar-refractivity contribution in [3.8, 4) is 0 Å². The summed E-state index contributed by atoms with van der Waals surface area (Å²) >= 11 is 0. The van der Waals surface area contributed by atoms with Crippen LogP contribution in [0.4, 0.5) is 0 Å². The summed E-state index contributed by atoms with van der Waals surface area (Å²) in [6, 6.07) is 0.220. The van der Waals surface area contributed by atoms with Crippen LogP contribution < -0.4 is 0 Å². The molecular weight excluding hydrogens is 282 g/mol. The average molecular weight is 318 g/mol. The molecule has 1 saturated heterocycles. The first-order chi connectivity index (χ1) is 10.1. The first kappa shape index (κ1) is 19.0. The molecule has 0 aliphatic carbocycles. The Morgan fingerprint density at radius 3 is 1.90 bits per heavy atom. The SMILES string of the molecule is CCCCCCCCCCCCS(=O)(=O)N1CCC[C@H]1C. The molecule has 1 atom stereocenters. The fourth-order valence-corrected chi connectivity index (χ4v) is 5.07. The number of unbranched alkanes of at least 4 members (excludes halogenated alkanes) is 9. The minimum atomic E-state index is -2.98. The summed E-state index contributed by atoms with van der Waals surface area (Å²) in [6.45, 7) is 5.02. The van der Waals surface area contributed by atoms with Crippen molar-refractivity contribution in [1.82, 2.24) is 4.31 Å². The number of sulfonamides is 1. The van der Waals surface area contributed by atoms with Gasteiger partial charge in [-0.1, -0.05) is 64.7 Å². The molecule has 0 bridgehead atoms. The van der Waals surface area contributed by atoms with Crippen LogP contribution in [0.5, 0.6) is 0 Å². The topological polar surface area (TPSA) is 37.4 Å². The summed E-state index contributed by atoms with van der Waals surface area (Å²) in [7, 11) is -2.98. The Hall–Kier alpha value is -0.0900. The van der Waals surface area contributed by atoms with Crippen molar-refractivity contribution < 1.29 is 8.42 Å². The molecule has 1 aliphatic rings. The molecular formula is C17H35NO2S. The maximum absolute atomic E-state index is 12.2. The van der Waals surface area contributed by atoms with Crippen LogP contribution in [0.1, 0.15) is 90.9 Å². The summed E-state index contributed by atoms with van der Waals surface area (Å²) in [5.74, 6) is 0.355. The Labute approximate surface area is 132 Å². The standard InChI is InChI=1S/C17H35NO2S/c1-3-4-5-6-7-8-9-10-11-12-16-21(19,20)18-15-13-14-17(18)2/h17H,3-16H2,1-2H3/t17-/m1/s1. The van der Waals surface area contributed by atoms with E-state index < -0.39 is 10.0 Å². The highest BCUT2D eigenvalue weighted by Gasteiger charge is 2.30. The van der Waals surface area contributed by atoms with Crippen LogP contribution in [0.2, 0.25) is 0 Å². The van der Waals surface area contributed by atoms with Crippen molar-refractivity contribution in [2.24, 2.45) is 0 Å². The largest absolute Gasteiger partial charge is 0.214 e. The Balaban J connectivity index is 1.98. The van der Waals surface area contributed by atoms with E-state index in [-0.39, 0.29) is 6.04 Å². The van der Waals surface area contributed by atoms with Crippen molar-refractivity contribution in [3.05, 3.63) is 0 Å². The monoisotopic (exact) mass is 317 g/mol. The quantitative estimate of drug-likeness (QED) is 0.488. The lowest BCUT2D eigenvalue weighted by Gasteiger charge is -2.20. The van der Waals surface area contributed by atoms with Crippen LogP contribution in [0.25, 0.3) is 0 Å². The van der Waals surface area contributed by atoms with Gasteiger partial charge in [-0.3, -0.25) is 0 Å². The van der Waals surface area contributed by atoms with Gasteiger partial charge in [0.05, 0.1) is 5.75 Å². The normalized spacial score (nSPS) is 20.2. The van der Waals surface area contributed by atoms with Crippen molar-refractivity contribution >= 4 is 10.0 Å². The predicted octanol–water partition coefficient (Wildman–Crippen LogP) is 4.72. The summed E-state index contributed by atoms with van der Waals surface area (Å²) in [4.78, 5) is 0. The van der Waals surface area contributed by atoms with E-state index in [1.807, 2.05) is 6.92 Å². The molecule has 1 fully saturated rings. The van der Waals surface area contributed by atoms with Gasteiger partial charge in [0.25, 0.3) is 0 Å². The molecule has 0 aromatic rings. The van der Waals surface area contributed by atoms with Gasteiger partial charge < -0.3 is 0 Å². The number of hydrogen-bond acceptors (Lipinski definition) is 2. The zero-order valence-electron chi connectivity index (χ0n) is 14.1. The molecule has 1 aliphatic heterocycles. The highest BCUT2D eigenvalue weighted by atomic mass is 32.2. The van der Waals surface area contributed by atoms with Crippen LogP contribution >= 0.6 is 0 Å². The molecule has 126 valence electrons. The molecule has 0 unspecified atom stereocenters. The number of nitrogens with zero attached hydrogens (tertiary/aromatic N) is 1. The lowest BCUT2D eigenvalue weighted by atomic mass is 10.1. The van der Waals surface area contributed by atoms with Gasteiger partial charge in [-0.05, 0) is 26.2 Å². The molecule has 21 heavy (non-hydrogen) atoms. The summed E-state index contributed by atoms with van der Waals surface area (Å²) in [6.07, 6.45) is 14.5. The van der Waals surface area contributed by atoms with Gasteiger partial charge in [0, 0.05) is 12.6 Å². The van der Waals surface area contributed by atoms with E-state index in [0.29, 0.717) is 5.75 Å². The van der Waals surface area contributed by atoms with Crippen LogP contribution in [-0.4, -0.2) is 31.1 Å². The van der Waals surface area contributed by atoms with Crippen LogP contribution in [0, 0.1) is 0 Å². The second kappa shape index (κ2) is 10.6. The van der Waals surface area contributed by atoms with Crippen molar-refractivity contribution in [2.75, 3.05) is 12.3 Å². The van der Waals surface area contributed by atoms with Gasteiger partial charge in [0.2, 0.25) is 10.0 Å². The van der Waals surface area contributed by atoms with Gasteiger partial charge in [-0.25, -0.2) is 8.42 Å². The Kier molecular flexibility index (Phi) is 9.57. The fraction of sp³-hybridized carbons (Fsp3) is 1.00. The maximum atomic E-state index is 12.2. The molecule has 0 aromatic heterocycles. The van der Waals surface area contributed by atoms with Gasteiger partial charge in [-0.15, -0.1) is 0 Å².